The molecule has 1 unspecified atom stereocenters. The first-order valence-electron chi connectivity index (χ1n) is 2.57. The van der Waals surface area contributed by atoms with Crippen molar-refractivity contribution in [3.63, 3.8) is 0 Å². The molecule has 3 nitrogen and oxygen atoms in total. The molecule has 0 fully saturated rings. The van der Waals surface area contributed by atoms with E-state index in [9.17, 15) is 8.76 Å². The van der Waals surface area contributed by atoms with Gasteiger partial charge in [-0.1, -0.05) is 11.1 Å². The molecule has 1 heterocycles. The van der Waals surface area contributed by atoms with Crippen molar-refractivity contribution in [2.45, 2.75) is 5.75 Å². The minimum absolute atomic E-state index is 0.0275. The predicted molar refractivity (Wildman–Crippen MR) is 38.3 cm³/mol. The molecule has 1 rings (SSSR count). The lowest BCUT2D eigenvalue weighted by molar-refractivity contribution is 0.536. The van der Waals surface area contributed by atoms with E-state index < -0.39 is 11.1 Å². The molecular weight excluding hydrogens is 174 g/mol. The molecule has 0 aliphatic rings. The van der Waals surface area contributed by atoms with Crippen molar-refractivity contribution < 1.29 is 8.76 Å². The summed E-state index contributed by atoms with van der Waals surface area (Å²) in [4.78, 5) is 0. The molecule has 5 heteroatoms. The van der Waals surface area contributed by atoms with Gasteiger partial charge >= 0.3 is 0 Å². The molecular formula is C5H5ClNO2S-. The van der Waals surface area contributed by atoms with Crippen LogP contribution in [0.2, 0.25) is 0 Å². The first-order chi connectivity index (χ1) is 4.68. The van der Waals surface area contributed by atoms with E-state index in [4.69, 9.17) is 11.8 Å². The minimum atomic E-state index is -2.03. The fourth-order valence-electron chi connectivity index (χ4n) is 0.633. The molecule has 0 saturated carbocycles. The number of rotatable bonds is 2. The molecule has 56 valence electrons. The number of nitrogens with zero attached hydrogens (tertiary/aromatic N) is 1. The predicted octanol–water partition coefficient (Wildman–Crippen LogP) is 0.869. The van der Waals surface area contributed by atoms with Crippen LogP contribution in [-0.2, 0) is 16.8 Å². The Kier molecular flexibility index (Phi) is 2.48. The third kappa shape index (κ3) is 2.13. The second kappa shape index (κ2) is 3.18. The van der Waals surface area contributed by atoms with E-state index in [-0.39, 0.29) is 5.75 Å². The van der Waals surface area contributed by atoms with Gasteiger partial charge in [-0.3, -0.25) is 8.30 Å². The highest BCUT2D eigenvalue weighted by atomic mass is 35.5. The fourth-order valence-corrected chi connectivity index (χ4v) is 1.26. The van der Waals surface area contributed by atoms with Crippen LogP contribution in [0.5, 0.6) is 0 Å². The summed E-state index contributed by atoms with van der Waals surface area (Å²) in [6.07, 6.45) is 3.14. The lowest BCUT2D eigenvalue weighted by Crippen LogP contribution is -1.90. The molecule has 1 aromatic heterocycles. The third-order valence-electron chi connectivity index (χ3n) is 1.00. The number of halogens is 1. The number of aromatic nitrogens is 1. The van der Waals surface area contributed by atoms with Gasteiger partial charge in [-0.25, -0.2) is 0 Å². The molecule has 1 aromatic rings. The molecule has 0 spiro atoms. The van der Waals surface area contributed by atoms with E-state index in [0.717, 1.165) is 0 Å². The van der Waals surface area contributed by atoms with Crippen molar-refractivity contribution in [3.05, 3.63) is 24.0 Å². The van der Waals surface area contributed by atoms with Crippen LogP contribution in [0.15, 0.2) is 18.5 Å². The van der Waals surface area contributed by atoms with Crippen molar-refractivity contribution in [1.29, 1.82) is 0 Å². The lowest BCUT2D eigenvalue weighted by atomic mass is 10.4. The molecule has 0 aromatic carbocycles. The summed E-state index contributed by atoms with van der Waals surface area (Å²) in [6.45, 7) is 0. The molecule has 0 aliphatic heterocycles. The number of hydrogen-bond donors (Lipinski definition) is 0. The first-order valence-corrected chi connectivity index (χ1v) is 4.15. The highest BCUT2D eigenvalue weighted by Gasteiger charge is 1.93. The molecule has 0 amide bonds. The summed E-state index contributed by atoms with van der Waals surface area (Å²) in [6, 6.07) is 1.66. The maximum Gasteiger partial charge on any atom is 0.0368 e. The summed E-state index contributed by atoms with van der Waals surface area (Å²) < 4.78 is 21.5. The van der Waals surface area contributed by atoms with Crippen LogP contribution >= 0.6 is 11.8 Å². The zero-order valence-electron chi connectivity index (χ0n) is 4.99. The third-order valence-corrected chi connectivity index (χ3v) is 1.78. The average Bonchev–Trinajstić information content (AvgIpc) is 2.13. The first kappa shape index (κ1) is 7.78. The maximum atomic E-state index is 10.1. The Bertz CT molecular complexity index is 248. The maximum absolute atomic E-state index is 10.1. The van der Waals surface area contributed by atoms with Crippen LogP contribution < -0.4 is 0 Å². The van der Waals surface area contributed by atoms with Crippen molar-refractivity contribution in [2.24, 2.45) is 0 Å². The lowest BCUT2D eigenvalue weighted by Gasteiger charge is -2.00. The largest absolute Gasteiger partial charge is 0.772 e. The monoisotopic (exact) mass is 178 g/mol. The highest BCUT2D eigenvalue weighted by Crippen LogP contribution is 2.04. The van der Waals surface area contributed by atoms with Crippen LogP contribution in [0.3, 0.4) is 0 Å². The number of hydrogen-bond acceptors (Lipinski definition) is 2. The zero-order valence-corrected chi connectivity index (χ0v) is 6.56. The summed E-state index contributed by atoms with van der Waals surface area (Å²) >= 11 is 3.43. The molecule has 0 radical (unpaired) electrons. The SMILES string of the molecule is O=S([O-])Cc1ccn(Cl)c1. The smallest absolute Gasteiger partial charge is 0.0368 e. The van der Waals surface area contributed by atoms with Gasteiger partial charge in [-0.2, -0.15) is 0 Å². The quantitative estimate of drug-likeness (QED) is 0.631. The molecule has 0 aliphatic carbocycles. The highest BCUT2D eigenvalue weighted by molar-refractivity contribution is 7.78. The topological polar surface area (TPSA) is 45.1 Å². The van der Waals surface area contributed by atoms with E-state index in [0.29, 0.717) is 5.56 Å². The van der Waals surface area contributed by atoms with Crippen molar-refractivity contribution in [2.75, 3.05) is 0 Å². The van der Waals surface area contributed by atoms with Crippen LogP contribution in [0, 0.1) is 0 Å². The van der Waals surface area contributed by atoms with Crippen molar-refractivity contribution in [3.8, 4) is 0 Å². The molecule has 0 bridgehead atoms. The van der Waals surface area contributed by atoms with Crippen LogP contribution in [0.25, 0.3) is 0 Å². The summed E-state index contributed by atoms with van der Waals surface area (Å²) in [5.41, 5.74) is 0.698. The standard InChI is InChI=1S/C5H6ClNO2S/c6-7-2-1-5(3-7)4-10(8)9/h1-3H,4H2,(H,8,9)/p-1. The average molecular weight is 179 g/mol. The Balaban J connectivity index is 2.67. The van der Waals surface area contributed by atoms with Gasteiger partial charge in [0.2, 0.25) is 0 Å². The summed E-state index contributed by atoms with van der Waals surface area (Å²) in [5, 5.41) is 0. The van der Waals surface area contributed by atoms with Gasteiger partial charge in [-0.05, 0) is 11.6 Å². The Labute approximate surface area is 66.0 Å². The van der Waals surface area contributed by atoms with Crippen molar-refractivity contribution in [1.82, 2.24) is 4.09 Å². The Hall–Kier alpha value is -0.320. The Morgan fingerprint density at radius 3 is 2.90 bits per heavy atom. The summed E-state index contributed by atoms with van der Waals surface area (Å²) in [7, 11) is 0. The van der Waals surface area contributed by atoms with E-state index in [1.807, 2.05) is 0 Å². The van der Waals surface area contributed by atoms with E-state index in [1.165, 1.54) is 4.09 Å². The summed E-state index contributed by atoms with van der Waals surface area (Å²) in [5.74, 6) is 0.0275. The van der Waals surface area contributed by atoms with Gasteiger partial charge in [0.15, 0.2) is 0 Å². The minimum Gasteiger partial charge on any atom is -0.772 e. The fraction of sp³-hybridized carbons (Fsp3) is 0.200. The van der Waals surface area contributed by atoms with E-state index in [2.05, 4.69) is 0 Å². The van der Waals surface area contributed by atoms with Crippen LogP contribution in [-0.4, -0.2) is 12.8 Å². The van der Waals surface area contributed by atoms with Gasteiger partial charge in [0, 0.05) is 29.9 Å². The second-order valence-corrected chi connectivity index (χ2v) is 3.10. The van der Waals surface area contributed by atoms with E-state index >= 15 is 0 Å². The van der Waals surface area contributed by atoms with Gasteiger partial charge in [0.25, 0.3) is 0 Å². The van der Waals surface area contributed by atoms with Crippen molar-refractivity contribution >= 4 is 22.9 Å². The van der Waals surface area contributed by atoms with Gasteiger partial charge in [0.1, 0.15) is 0 Å². The van der Waals surface area contributed by atoms with E-state index in [1.54, 1.807) is 18.5 Å². The molecule has 10 heavy (non-hydrogen) atoms. The molecule has 0 saturated heterocycles. The van der Waals surface area contributed by atoms with Gasteiger partial charge in [-0.15, -0.1) is 0 Å². The Morgan fingerprint density at radius 1 is 1.80 bits per heavy atom. The second-order valence-electron chi connectivity index (χ2n) is 1.81. The van der Waals surface area contributed by atoms with Gasteiger partial charge < -0.3 is 4.55 Å². The normalized spacial score (nSPS) is 13.4. The van der Waals surface area contributed by atoms with Crippen LogP contribution in [0.4, 0.5) is 0 Å². The molecule has 1 atom stereocenters. The van der Waals surface area contributed by atoms with Crippen LogP contribution in [0.1, 0.15) is 5.56 Å². The molecule has 0 N–H and O–H groups in total. The Morgan fingerprint density at radius 2 is 2.50 bits per heavy atom. The zero-order chi connectivity index (χ0) is 7.56. The van der Waals surface area contributed by atoms with Gasteiger partial charge in [0.05, 0.1) is 0 Å².